The Morgan fingerprint density at radius 3 is 2.43 bits per heavy atom. The van der Waals surface area contributed by atoms with Crippen LogP contribution < -0.4 is 15.1 Å². The van der Waals surface area contributed by atoms with Crippen molar-refractivity contribution in [2.45, 2.75) is 44.9 Å². The molecule has 11 heteroatoms. The number of piperidine rings is 1. The summed E-state index contributed by atoms with van der Waals surface area (Å²) in [7, 11) is 0. The van der Waals surface area contributed by atoms with Crippen molar-refractivity contribution < 1.29 is 13.2 Å². The lowest BCUT2D eigenvalue weighted by Crippen LogP contribution is -2.48. The number of benzene rings is 1. The zero-order valence-electron chi connectivity index (χ0n) is 19.4. The lowest BCUT2D eigenvalue weighted by molar-refractivity contribution is -0.137. The van der Waals surface area contributed by atoms with Crippen LogP contribution in [0.1, 0.15) is 30.5 Å². The Morgan fingerprint density at radius 2 is 1.74 bits per heavy atom. The second-order valence-electron chi connectivity index (χ2n) is 9.70. The summed E-state index contributed by atoms with van der Waals surface area (Å²) < 4.78 is 40.8. The first-order valence-electron chi connectivity index (χ1n) is 12.0. The molecule has 3 aromatic rings. The van der Waals surface area contributed by atoms with Crippen LogP contribution in [0.5, 0.6) is 0 Å². The molecular weight excluding hydrogens is 457 g/mol. The van der Waals surface area contributed by atoms with Gasteiger partial charge < -0.3 is 15.1 Å². The fraction of sp³-hybridized carbons (Fsp3) is 0.500. The van der Waals surface area contributed by atoms with Crippen molar-refractivity contribution in [1.82, 2.24) is 24.7 Å². The molecule has 1 aromatic carbocycles. The first-order valence-corrected chi connectivity index (χ1v) is 12.0. The molecule has 3 aliphatic rings. The third-order valence-corrected chi connectivity index (χ3v) is 7.39. The van der Waals surface area contributed by atoms with Gasteiger partial charge in [0.25, 0.3) is 0 Å². The van der Waals surface area contributed by atoms with Gasteiger partial charge in [-0.15, -0.1) is 5.10 Å². The molecule has 2 bridgehead atoms. The summed E-state index contributed by atoms with van der Waals surface area (Å²) in [5, 5.41) is 8.31. The molecule has 1 saturated heterocycles. The predicted octanol–water partition coefficient (Wildman–Crippen LogP) is 4.26. The van der Waals surface area contributed by atoms with Crippen LogP contribution in [0.3, 0.4) is 0 Å². The minimum Gasteiger partial charge on any atom is -0.356 e. The summed E-state index contributed by atoms with van der Waals surface area (Å²) in [6, 6.07) is 7.57. The van der Waals surface area contributed by atoms with Crippen molar-refractivity contribution in [2.75, 3.05) is 34.8 Å². The van der Waals surface area contributed by atoms with Gasteiger partial charge in [-0.3, -0.25) is 0 Å². The zero-order valence-corrected chi connectivity index (χ0v) is 19.4. The van der Waals surface area contributed by atoms with Gasteiger partial charge in [0.2, 0.25) is 11.9 Å². The van der Waals surface area contributed by atoms with Crippen molar-refractivity contribution in [3.8, 4) is 0 Å². The summed E-state index contributed by atoms with van der Waals surface area (Å²) in [4.78, 5) is 17.7. The van der Waals surface area contributed by atoms with Gasteiger partial charge in [0.1, 0.15) is 12.1 Å². The average Bonchev–Trinajstić information content (AvgIpc) is 3.34. The zero-order chi connectivity index (χ0) is 24.2. The summed E-state index contributed by atoms with van der Waals surface area (Å²) in [5.74, 6) is 3.17. The molecule has 1 aliphatic carbocycles. The van der Waals surface area contributed by atoms with Crippen LogP contribution in [0.4, 0.5) is 36.6 Å². The third-order valence-electron chi connectivity index (χ3n) is 7.39. The van der Waals surface area contributed by atoms with Gasteiger partial charge in [0.05, 0.1) is 5.56 Å². The standard InChI is InChI=1S/C24H27F3N8/c1-15-11-20(29-14-28-15)33-12-16-3-4-17(13-33)21(16)30-22-31-23-34(9-2-10-35(23)32-22)19-7-5-18(6-8-19)24(25,26)27/h5-8,11,14,16-17,21H,2-4,9-10,12-13H2,1H3,(H,30,32)/t16-,17+,21-. The number of anilines is 4. The van der Waals surface area contributed by atoms with Gasteiger partial charge in [-0.1, -0.05) is 0 Å². The van der Waals surface area contributed by atoms with Crippen LogP contribution in [0.2, 0.25) is 0 Å². The smallest absolute Gasteiger partial charge is 0.356 e. The van der Waals surface area contributed by atoms with Crippen molar-refractivity contribution in [3.05, 3.63) is 47.9 Å². The molecule has 4 heterocycles. The Bertz CT molecular complexity index is 1190. The van der Waals surface area contributed by atoms with Gasteiger partial charge >= 0.3 is 6.18 Å². The van der Waals surface area contributed by atoms with Crippen LogP contribution in [0, 0.1) is 18.8 Å². The number of aromatic nitrogens is 5. The van der Waals surface area contributed by atoms with Crippen molar-refractivity contribution in [1.29, 1.82) is 0 Å². The van der Waals surface area contributed by atoms with Crippen molar-refractivity contribution in [2.24, 2.45) is 11.8 Å². The Kier molecular flexibility index (Phi) is 5.30. The fourth-order valence-electron chi connectivity index (χ4n) is 5.71. The van der Waals surface area contributed by atoms with Gasteiger partial charge in [0, 0.05) is 49.7 Å². The van der Waals surface area contributed by atoms with Gasteiger partial charge in [-0.05, 0) is 62.3 Å². The highest BCUT2D eigenvalue weighted by atomic mass is 19.4. The van der Waals surface area contributed by atoms with E-state index >= 15 is 0 Å². The maximum absolute atomic E-state index is 13.0. The summed E-state index contributed by atoms with van der Waals surface area (Å²) in [5.41, 5.74) is 1.00. The van der Waals surface area contributed by atoms with E-state index in [0.717, 1.165) is 62.5 Å². The quantitative estimate of drug-likeness (QED) is 0.593. The van der Waals surface area contributed by atoms with Crippen molar-refractivity contribution >= 4 is 23.4 Å². The minimum absolute atomic E-state index is 0.290. The molecular formula is C24H27F3N8. The number of alkyl halides is 3. The Balaban J connectivity index is 1.19. The minimum atomic E-state index is -4.35. The maximum Gasteiger partial charge on any atom is 0.416 e. The van der Waals surface area contributed by atoms with E-state index < -0.39 is 11.7 Å². The molecule has 0 radical (unpaired) electrons. The Hall–Kier alpha value is -3.37. The lowest BCUT2D eigenvalue weighted by Gasteiger charge is -2.38. The number of halogens is 3. The SMILES string of the molecule is Cc1cc(N2C[C@H]3CC[C@@H](C2)[C@@H]3Nc2nc3n(n2)CCCN3c2ccc(C(F)(F)F)cc2)ncn1. The molecule has 0 spiro atoms. The Morgan fingerprint density at radius 1 is 1.00 bits per heavy atom. The molecule has 6 rings (SSSR count). The topological polar surface area (TPSA) is 75.0 Å². The number of aryl methyl sites for hydroxylation is 2. The molecule has 1 N–H and O–H groups in total. The summed E-state index contributed by atoms with van der Waals surface area (Å²) in [6.45, 7) is 5.25. The fourth-order valence-corrected chi connectivity index (χ4v) is 5.71. The van der Waals surface area contributed by atoms with Gasteiger partial charge in [0.15, 0.2) is 0 Å². The van der Waals surface area contributed by atoms with Crippen LogP contribution in [0.15, 0.2) is 36.7 Å². The van der Waals surface area contributed by atoms with Crippen LogP contribution in [0.25, 0.3) is 0 Å². The number of nitrogens with zero attached hydrogens (tertiary/aromatic N) is 7. The van der Waals surface area contributed by atoms with E-state index in [1.807, 2.05) is 22.6 Å². The number of fused-ring (bicyclic) bond motifs is 3. The third kappa shape index (κ3) is 4.17. The molecule has 0 unspecified atom stereocenters. The first kappa shape index (κ1) is 22.1. The Labute approximate surface area is 201 Å². The highest BCUT2D eigenvalue weighted by molar-refractivity contribution is 5.60. The van der Waals surface area contributed by atoms with E-state index in [2.05, 4.69) is 20.2 Å². The summed E-state index contributed by atoms with van der Waals surface area (Å²) >= 11 is 0. The van der Waals surface area contributed by atoms with E-state index in [1.54, 1.807) is 6.33 Å². The normalized spacial score (nSPS) is 23.9. The van der Waals surface area contributed by atoms with Crippen LogP contribution in [-0.2, 0) is 12.7 Å². The molecule has 0 amide bonds. The largest absolute Gasteiger partial charge is 0.416 e. The predicted molar refractivity (Wildman–Crippen MR) is 126 cm³/mol. The van der Waals surface area contributed by atoms with E-state index in [9.17, 15) is 13.2 Å². The molecule has 35 heavy (non-hydrogen) atoms. The number of hydrogen-bond donors (Lipinski definition) is 1. The molecule has 2 fully saturated rings. The van der Waals surface area contributed by atoms with E-state index in [4.69, 9.17) is 10.1 Å². The van der Waals surface area contributed by atoms with Crippen molar-refractivity contribution in [3.63, 3.8) is 0 Å². The number of nitrogens with one attached hydrogen (secondary N) is 1. The maximum atomic E-state index is 13.0. The molecule has 3 atom stereocenters. The molecule has 2 aliphatic heterocycles. The van der Waals surface area contributed by atoms with Gasteiger partial charge in [-0.25, -0.2) is 14.6 Å². The lowest BCUT2D eigenvalue weighted by atomic mass is 9.92. The monoisotopic (exact) mass is 484 g/mol. The number of hydrogen-bond acceptors (Lipinski definition) is 7. The van der Waals surface area contributed by atoms with Crippen LogP contribution >= 0.6 is 0 Å². The van der Waals surface area contributed by atoms with E-state index in [0.29, 0.717) is 36.0 Å². The summed E-state index contributed by atoms with van der Waals surface area (Å²) in [6.07, 6.45) is 0.415. The highest BCUT2D eigenvalue weighted by Gasteiger charge is 2.43. The van der Waals surface area contributed by atoms with Gasteiger partial charge in [-0.2, -0.15) is 18.2 Å². The average molecular weight is 485 g/mol. The molecule has 1 saturated carbocycles. The number of rotatable bonds is 4. The molecule has 8 nitrogen and oxygen atoms in total. The molecule has 184 valence electrons. The van der Waals surface area contributed by atoms with Crippen LogP contribution in [-0.4, -0.2) is 50.4 Å². The second-order valence-corrected chi connectivity index (χ2v) is 9.70. The molecule has 2 aromatic heterocycles. The first-order chi connectivity index (χ1) is 16.8. The highest BCUT2D eigenvalue weighted by Crippen LogP contribution is 2.40. The second kappa shape index (κ2) is 8.39. The van der Waals surface area contributed by atoms with E-state index in [-0.39, 0.29) is 6.04 Å². The van der Waals surface area contributed by atoms with E-state index in [1.165, 1.54) is 12.1 Å².